The molecule has 1 unspecified atom stereocenters. The molecular weight excluding hydrogens is 390 g/mol. The molecule has 1 aromatic rings. The van der Waals surface area contributed by atoms with Crippen molar-refractivity contribution < 1.29 is 19.1 Å². The number of aliphatic imine (C=N–C) groups is 1. The molecule has 0 radical (unpaired) electrons. The van der Waals surface area contributed by atoms with Gasteiger partial charge in [-0.15, -0.1) is 0 Å². The van der Waals surface area contributed by atoms with Crippen molar-refractivity contribution in [2.24, 2.45) is 16.3 Å². The van der Waals surface area contributed by atoms with Crippen LogP contribution in [-0.2, 0) is 25.5 Å². The number of Topliss-reactive ketones (excluding diaryl/α,β-unsaturated/α-hetero) is 1. The molecule has 3 aliphatic rings. The highest BCUT2D eigenvalue weighted by molar-refractivity contribution is 6.12. The minimum Gasteiger partial charge on any atom is -0.460 e. The summed E-state index contributed by atoms with van der Waals surface area (Å²) in [5.41, 5.74) is 4.18. The molecule has 0 aromatic heterocycles. The summed E-state index contributed by atoms with van der Waals surface area (Å²) in [6.45, 7) is 9.17. The lowest BCUT2D eigenvalue weighted by Gasteiger charge is -2.41. The molecule has 0 N–H and O–H groups in total. The lowest BCUT2D eigenvalue weighted by atomic mass is 9.63. The van der Waals surface area contributed by atoms with Crippen molar-refractivity contribution >= 4 is 17.5 Å². The van der Waals surface area contributed by atoms with Crippen LogP contribution in [0.2, 0.25) is 0 Å². The third-order valence-corrected chi connectivity index (χ3v) is 6.76. The van der Waals surface area contributed by atoms with E-state index in [1.807, 2.05) is 6.92 Å². The summed E-state index contributed by atoms with van der Waals surface area (Å²) >= 11 is 0. The fourth-order valence-electron chi connectivity index (χ4n) is 5.20. The Balaban J connectivity index is 1.71. The maximum absolute atomic E-state index is 13.3. The number of carbonyl (C=O) groups is 2. The van der Waals surface area contributed by atoms with E-state index >= 15 is 0 Å². The molecule has 0 bridgehead atoms. The Kier molecular flexibility index (Phi) is 6.16. The fourth-order valence-corrected chi connectivity index (χ4v) is 5.20. The molecular formula is C26H33NO4. The number of benzene rings is 1. The van der Waals surface area contributed by atoms with Crippen LogP contribution < -0.4 is 0 Å². The Morgan fingerprint density at radius 1 is 1.19 bits per heavy atom. The standard InChI is InChI=1S/C26H33NO4/c1-5-17-8-10-18(11-9-17)23-22(25(29)31-15-19-7-6-12-30-19)16(2)27-20-13-26(3,4)14-21(28)24(20)23/h8-11,19,23-24H,5-7,12-15H2,1-4H3/t19-,23-,24?/m0/s1. The molecule has 1 aliphatic carbocycles. The molecule has 2 heterocycles. The zero-order chi connectivity index (χ0) is 22.2. The quantitative estimate of drug-likeness (QED) is 0.639. The van der Waals surface area contributed by atoms with E-state index in [0.717, 1.165) is 43.6 Å². The van der Waals surface area contributed by atoms with E-state index in [4.69, 9.17) is 14.5 Å². The number of aryl methyl sites for hydroxylation is 1. The van der Waals surface area contributed by atoms with Crippen LogP contribution >= 0.6 is 0 Å². The number of nitrogens with zero attached hydrogens (tertiary/aromatic N) is 1. The summed E-state index contributed by atoms with van der Waals surface area (Å²) in [5, 5.41) is 0. The van der Waals surface area contributed by atoms with Gasteiger partial charge in [0.05, 0.1) is 17.6 Å². The van der Waals surface area contributed by atoms with E-state index in [2.05, 4.69) is 45.0 Å². The SMILES string of the molecule is CCc1ccc([C@H]2C(C(=O)OC[C@@H]3CCCO3)=C(C)N=C3CC(C)(C)CC(=O)C32)cc1. The van der Waals surface area contributed by atoms with Crippen LogP contribution in [0.25, 0.3) is 0 Å². The first-order valence-corrected chi connectivity index (χ1v) is 11.5. The topological polar surface area (TPSA) is 65.0 Å². The van der Waals surface area contributed by atoms with Gasteiger partial charge in [0, 0.05) is 30.4 Å². The third-order valence-electron chi connectivity index (χ3n) is 6.76. The number of hydrogen-bond acceptors (Lipinski definition) is 5. The number of allylic oxidation sites excluding steroid dienone is 1. The van der Waals surface area contributed by atoms with Crippen LogP contribution in [0.15, 0.2) is 40.5 Å². The number of ether oxygens (including phenoxy) is 2. The van der Waals surface area contributed by atoms with E-state index in [0.29, 0.717) is 17.7 Å². The van der Waals surface area contributed by atoms with E-state index in [-0.39, 0.29) is 35.8 Å². The second-order valence-electron chi connectivity index (χ2n) is 9.87. The first-order valence-electron chi connectivity index (χ1n) is 11.5. The Labute approximate surface area is 184 Å². The van der Waals surface area contributed by atoms with Gasteiger partial charge >= 0.3 is 5.97 Å². The van der Waals surface area contributed by atoms with Gasteiger partial charge in [0.25, 0.3) is 0 Å². The largest absolute Gasteiger partial charge is 0.460 e. The zero-order valence-electron chi connectivity index (χ0n) is 19.1. The molecule has 1 aromatic carbocycles. The zero-order valence-corrected chi connectivity index (χ0v) is 19.1. The monoisotopic (exact) mass is 423 g/mol. The Morgan fingerprint density at radius 3 is 2.58 bits per heavy atom. The van der Waals surface area contributed by atoms with Crippen LogP contribution in [0, 0.1) is 11.3 Å². The summed E-state index contributed by atoms with van der Waals surface area (Å²) in [5.74, 6) is -0.956. The Hall–Kier alpha value is -2.27. The molecule has 3 atom stereocenters. The third kappa shape index (κ3) is 4.52. The lowest BCUT2D eigenvalue weighted by Crippen LogP contribution is -2.44. The molecule has 5 heteroatoms. The summed E-state index contributed by atoms with van der Waals surface area (Å²) < 4.78 is 11.3. The van der Waals surface area contributed by atoms with Gasteiger partial charge in [0.2, 0.25) is 0 Å². The van der Waals surface area contributed by atoms with Gasteiger partial charge in [0.15, 0.2) is 0 Å². The molecule has 2 fully saturated rings. The van der Waals surface area contributed by atoms with Crippen LogP contribution in [0.3, 0.4) is 0 Å². The minimum absolute atomic E-state index is 0.0353. The van der Waals surface area contributed by atoms with Gasteiger partial charge in [-0.25, -0.2) is 4.79 Å². The predicted octanol–water partition coefficient (Wildman–Crippen LogP) is 4.79. The second kappa shape index (κ2) is 8.70. The maximum atomic E-state index is 13.3. The van der Waals surface area contributed by atoms with Crippen LogP contribution in [0.4, 0.5) is 0 Å². The molecule has 1 saturated heterocycles. The molecule has 2 aliphatic heterocycles. The van der Waals surface area contributed by atoms with Gasteiger partial charge in [-0.05, 0) is 49.1 Å². The number of ketones is 1. The van der Waals surface area contributed by atoms with Crippen molar-refractivity contribution in [3.05, 3.63) is 46.7 Å². The van der Waals surface area contributed by atoms with Crippen molar-refractivity contribution in [3.8, 4) is 0 Å². The summed E-state index contributed by atoms with van der Waals surface area (Å²) in [6, 6.07) is 8.28. The first kappa shape index (κ1) is 21.9. The molecule has 166 valence electrons. The average molecular weight is 424 g/mol. The van der Waals surface area contributed by atoms with Gasteiger partial charge in [-0.2, -0.15) is 0 Å². The molecule has 4 rings (SSSR count). The van der Waals surface area contributed by atoms with Crippen molar-refractivity contribution in [2.45, 2.75) is 71.8 Å². The number of rotatable bonds is 5. The van der Waals surface area contributed by atoms with Crippen LogP contribution in [-0.4, -0.2) is 36.8 Å². The van der Waals surface area contributed by atoms with Gasteiger partial charge in [-0.3, -0.25) is 9.79 Å². The number of hydrogen-bond donors (Lipinski definition) is 0. The first-order chi connectivity index (χ1) is 14.8. The fraction of sp³-hybridized carbons (Fsp3) is 0.577. The molecule has 0 spiro atoms. The highest BCUT2D eigenvalue weighted by Crippen LogP contribution is 2.47. The minimum atomic E-state index is -0.394. The average Bonchev–Trinajstić information content (AvgIpc) is 3.24. The van der Waals surface area contributed by atoms with Gasteiger partial charge < -0.3 is 9.47 Å². The van der Waals surface area contributed by atoms with E-state index in [1.54, 1.807) is 0 Å². The summed E-state index contributed by atoms with van der Waals surface area (Å²) in [7, 11) is 0. The van der Waals surface area contributed by atoms with Crippen molar-refractivity contribution in [1.82, 2.24) is 0 Å². The summed E-state index contributed by atoms with van der Waals surface area (Å²) in [6.07, 6.45) is 4.08. The second-order valence-corrected chi connectivity index (χ2v) is 9.87. The highest BCUT2D eigenvalue weighted by atomic mass is 16.6. The molecule has 1 saturated carbocycles. The van der Waals surface area contributed by atoms with Crippen LogP contribution in [0.5, 0.6) is 0 Å². The van der Waals surface area contributed by atoms with E-state index in [1.165, 1.54) is 5.56 Å². The number of esters is 1. The summed E-state index contributed by atoms with van der Waals surface area (Å²) in [4.78, 5) is 31.4. The van der Waals surface area contributed by atoms with Gasteiger partial charge in [-0.1, -0.05) is 45.0 Å². The van der Waals surface area contributed by atoms with Crippen molar-refractivity contribution in [2.75, 3.05) is 13.2 Å². The van der Waals surface area contributed by atoms with Crippen LogP contribution in [0.1, 0.15) is 70.4 Å². The Morgan fingerprint density at radius 2 is 1.94 bits per heavy atom. The lowest BCUT2D eigenvalue weighted by molar-refractivity contribution is -0.142. The molecule has 5 nitrogen and oxygen atoms in total. The highest BCUT2D eigenvalue weighted by Gasteiger charge is 2.47. The van der Waals surface area contributed by atoms with Gasteiger partial charge in [0.1, 0.15) is 12.4 Å². The van der Waals surface area contributed by atoms with E-state index < -0.39 is 5.92 Å². The van der Waals surface area contributed by atoms with Crippen molar-refractivity contribution in [3.63, 3.8) is 0 Å². The molecule has 31 heavy (non-hydrogen) atoms. The Bertz CT molecular complexity index is 919. The smallest absolute Gasteiger partial charge is 0.336 e. The maximum Gasteiger partial charge on any atom is 0.336 e. The molecule has 0 amide bonds. The predicted molar refractivity (Wildman–Crippen MR) is 120 cm³/mol. The van der Waals surface area contributed by atoms with E-state index in [9.17, 15) is 9.59 Å². The number of carbonyl (C=O) groups excluding carboxylic acids is 2. The van der Waals surface area contributed by atoms with Crippen molar-refractivity contribution in [1.29, 1.82) is 0 Å². The normalized spacial score (nSPS) is 27.7. The number of fused-ring (bicyclic) bond motifs is 1.